The second kappa shape index (κ2) is 11.0. The third kappa shape index (κ3) is 10.0. The highest BCUT2D eigenvalue weighted by Gasteiger charge is 1.97. The molecule has 1 nitrogen and oxygen atoms in total. The van der Waals surface area contributed by atoms with Crippen molar-refractivity contribution in [2.75, 3.05) is 13.2 Å². The first-order valence-corrected chi connectivity index (χ1v) is 6.39. The van der Waals surface area contributed by atoms with Crippen LogP contribution in [0.3, 0.4) is 0 Å². The van der Waals surface area contributed by atoms with Crippen LogP contribution in [0.2, 0.25) is 0 Å². The molecule has 0 rings (SSSR count). The highest BCUT2D eigenvalue weighted by atomic mass is 16.5. The normalized spacial score (nSPS) is 13.1. The Balaban J connectivity index is 2.92. The lowest BCUT2D eigenvalue weighted by Gasteiger charge is -2.08. The molecule has 0 aliphatic rings. The van der Waals surface area contributed by atoms with E-state index in [2.05, 4.69) is 20.8 Å². The van der Waals surface area contributed by atoms with Gasteiger partial charge in [0.25, 0.3) is 0 Å². The second-order valence-electron chi connectivity index (χ2n) is 4.36. The average Bonchev–Trinajstić information content (AvgIpc) is 2.21. The Morgan fingerprint density at radius 1 is 0.929 bits per heavy atom. The molecule has 14 heavy (non-hydrogen) atoms. The van der Waals surface area contributed by atoms with Gasteiger partial charge in [0.15, 0.2) is 0 Å². The van der Waals surface area contributed by atoms with Crippen molar-refractivity contribution in [3.63, 3.8) is 0 Å². The first-order valence-electron chi connectivity index (χ1n) is 6.39. The van der Waals surface area contributed by atoms with Gasteiger partial charge >= 0.3 is 0 Å². The third-order valence-corrected chi connectivity index (χ3v) is 2.74. The Hall–Kier alpha value is -0.0400. The van der Waals surface area contributed by atoms with Crippen LogP contribution in [0, 0.1) is 5.92 Å². The summed E-state index contributed by atoms with van der Waals surface area (Å²) in [5.41, 5.74) is 0. The van der Waals surface area contributed by atoms with Crippen LogP contribution >= 0.6 is 0 Å². The molecular formula is C13H28O. The van der Waals surface area contributed by atoms with Crippen molar-refractivity contribution < 1.29 is 4.74 Å². The lowest BCUT2D eigenvalue weighted by molar-refractivity contribution is 0.100. The number of ether oxygens (including phenoxy) is 1. The lowest BCUT2D eigenvalue weighted by Crippen LogP contribution is -2.05. The van der Waals surface area contributed by atoms with E-state index in [0.29, 0.717) is 0 Å². The molecule has 0 radical (unpaired) electrons. The van der Waals surface area contributed by atoms with Crippen molar-refractivity contribution in [1.29, 1.82) is 0 Å². The van der Waals surface area contributed by atoms with E-state index in [4.69, 9.17) is 4.74 Å². The minimum absolute atomic E-state index is 0.732. The van der Waals surface area contributed by atoms with E-state index < -0.39 is 0 Å². The zero-order valence-corrected chi connectivity index (χ0v) is 10.3. The van der Waals surface area contributed by atoms with Gasteiger partial charge in [0.05, 0.1) is 0 Å². The van der Waals surface area contributed by atoms with Crippen molar-refractivity contribution in [2.24, 2.45) is 5.92 Å². The van der Waals surface area contributed by atoms with Gasteiger partial charge in [-0.1, -0.05) is 59.3 Å². The summed E-state index contributed by atoms with van der Waals surface area (Å²) in [6.45, 7) is 8.65. The van der Waals surface area contributed by atoms with Crippen LogP contribution in [-0.4, -0.2) is 13.2 Å². The summed E-state index contributed by atoms with van der Waals surface area (Å²) in [5.74, 6) is 0.732. The predicted molar refractivity (Wildman–Crippen MR) is 63.7 cm³/mol. The maximum absolute atomic E-state index is 5.59. The van der Waals surface area contributed by atoms with Crippen LogP contribution in [-0.2, 0) is 4.74 Å². The van der Waals surface area contributed by atoms with Gasteiger partial charge in [-0.25, -0.2) is 0 Å². The Labute approximate surface area is 90.2 Å². The molecular weight excluding hydrogens is 172 g/mol. The molecule has 0 saturated carbocycles. The van der Waals surface area contributed by atoms with Crippen LogP contribution in [0.15, 0.2) is 0 Å². The van der Waals surface area contributed by atoms with E-state index in [1.54, 1.807) is 0 Å². The van der Waals surface area contributed by atoms with Gasteiger partial charge < -0.3 is 4.74 Å². The molecule has 0 spiro atoms. The minimum Gasteiger partial charge on any atom is -0.381 e. The van der Waals surface area contributed by atoms with Crippen LogP contribution in [0.25, 0.3) is 0 Å². The van der Waals surface area contributed by atoms with Crippen molar-refractivity contribution >= 4 is 0 Å². The van der Waals surface area contributed by atoms with E-state index in [0.717, 1.165) is 19.1 Å². The van der Waals surface area contributed by atoms with Gasteiger partial charge in [0, 0.05) is 13.2 Å². The van der Waals surface area contributed by atoms with Crippen LogP contribution < -0.4 is 0 Å². The summed E-state index contributed by atoms with van der Waals surface area (Å²) < 4.78 is 5.59. The molecule has 1 heteroatoms. The van der Waals surface area contributed by atoms with Gasteiger partial charge in [0.1, 0.15) is 0 Å². The summed E-state index contributed by atoms with van der Waals surface area (Å²) in [4.78, 5) is 0. The van der Waals surface area contributed by atoms with Crippen molar-refractivity contribution in [1.82, 2.24) is 0 Å². The number of hydrogen-bond acceptors (Lipinski definition) is 1. The quantitative estimate of drug-likeness (QED) is 0.475. The van der Waals surface area contributed by atoms with Crippen LogP contribution in [0.1, 0.15) is 65.7 Å². The van der Waals surface area contributed by atoms with E-state index in [9.17, 15) is 0 Å². The van der Waals surface area contributed by atoms with E-state index >= 15 is 0 Å². The summed E-state index contributed by atoms with van der Waals surface area (Å²) in [5, 5.41) is 0. The molecule has 0 fully saturated rings. The minimum atomic E-state index is 0.732. The molecule has 0 aromatic heterocycles. The van der Waals surface area contributed by atoms with E-state index in [1.165, 1.54) is 44.9 Å². The molecule has 0 amide bonds. The zero-order valence-electron chi connectivity index (χ0n) is 10.3. The fourth-order valence-electron chi connectivity index (χ4n) is 1.39. The Morgan fingerprint density at radius 2 is 1.57 bits per heavy atom. The van der Waals surface area contributed by atoms with Gasteiger partial charge in [-0.3, -0.25) is 0 Å². The van der Waals surface area contributed by atoms with Gasteiger partial charge in [-0.2, -0.15) is 0 Å². The fraction of sp³-hybridized carbons (Fsp3) is 1.00. The highest BCUT2D eigenvalue weighted by Crippen LogP contribution is 2.06. The van der Waals surface area contributed by atoms with Gasteiger partial charge in [-0.15, -0.1) is 0 Å². The highest BCUT2D eigenvalue weighted by molar-refractivity contribution is 4.47. The van der Waals surface area contributed by atoms with Crippen molar-refractivity contribution in [2.45, 2.75) is 65.7 Å². The van der Waals surface area contributed by atoms with E-state index in [1.807, 2.05) is 0 Å². The molecule has 0 aliphatic heterocycles. The van der Waals surface area contributed by atoms with E-state index in [-0.39, 0.29) is 0 Å². The molecule has 86 valence electrons. The lowest BCUT2D eigenvalue weighted by atomic mass is 10.1. The molecule has 0 heterocycles. The largest absolute Gasteiger partial charge is 0.381 e. The maximum Gasteiger partial charge on any atom is 0.0491 e. The topological polar surface area (TPSA) is 9.23 Å². The van der Waals surface area contributed by atoms with Crippen LogP contribution in [0.5, 0.6) is 0 Å². The number of rotatable bonds is 10. The standard InChI is InChI=1S/C13H28O/c1-4-6-7-8-9-10-11-14-12-13(3)5-2/h13H,4-12H2,1-3H3/t13-/m0/s1. The summed E-state index contributed by atoms with van der Waals surface area (Å²) in [7, 11) is 0. The molecule has 0 N–H and O–H groups in total. The molecule has 0 aliphatic carbocycles. The summed E-state index contributed by atoms with van der Waals surface area (Å²) >= 11 is 0. The Kier molecular flexibility index (Phi) is 11.0. The monoisotopic (exact) mass is 200 g/mol. The molecule has 0 aromatic carbocycles. The van der Waals surface area contributed by atoms with Gasteiger partial charge in [-0.05, 0) is 12.3 Å². The summed E-state index contributed by atoms with van der Waals surface area (Å²) in [6, 6.07) is 0. The Bertz CT molecular complexity index is 101. The predicted octanol–water partition coefficient (Wildman–Crippen LogP) is 4.41. The average molecular weight is 200 g/mol. The van der Waals surface area contributed by atoms with Gasteiger partial charge in [0.2, 0.25) is 0 Å². The number of hydrogen-bond donors (Lipinski definition) is 0. The fourth-order valence-corrected chi connectivity index (χ4v) is 1.39. The third-order valence-electron chi connectivity index (χ3n) is 2.74. The molecule has 0 unspecified atom stereocenters. The first kappa shape index (κ1) is 14.0. The molecule has 1 atom stereocenters. The van der Waals surface area contributed by atoms with Crippen molar-refractivity contribution in [3.05, 3.63) is 0 Å². The smallest absolute Gasteiger partial charge is 0.0491 e. The Morgan fingerprint density at radius 3 is 2.21 bits per heavy atom. The molecule has 0 bridgehead atoms. The SMILES string of the molecule is CCCCCCCCOC[C@@H](C)CC. The van der Waals surface area contributed by atoms with Crippen LogP contribution in [0.4, 0.5) is 0 Å². The maximum atomic E-state index is 5.59. The van der Waals surface area contributed by atoms with Crippen molar-refractivity contribution in [3.8, 4) is 0 Å². The first-order chi connectivity index (χ1) is 6.81. The molecule has 0 saturated heterocycles. The second-order valence-corrected chi connectivity index (χ2v) is 4.36. The zero-order chi connectivity index (χ0) is 10.6. The summed E-state index contributed by atoms with van der Waals surface area (Å²) in [6.07, 6.45) is 9.36. The molecule has 0 aromatic rings. The number of unbranched alkanes of at least 4 members (excludes halogenated alkanes) is 5.